The molecule has 5 N–H and O–H groups in total. The monoisotopic (exact) mass is 334 g/mol. The van der Waals surface area contributed by atoms with Crippen LogP contribution in [0.2, 0.25) is 0 Å². The Morgan fingerprint density at radius 1 is 1.05 bits per heavy atom. The minimum absolute atomic E-state index is 1.57. The van der Waals surface area contributed by atoms with E-state index in [9.17, 15) is 27.4 Å². The predicted octanol–water partition coefficient (Wildman–Crippen LogP) is -1.31. The molecule has 0 aromatic heterocycles. The number of hydrogen-bond acceptors (Lipinski definition) is 6. The van der Waals surface area contributed by atoms with Gasteiger partial charge < -0.3 is 20.2 Å². The topological polar surface area (TPSA) is 204 Å². The molecular formula is C7H11O11PS. The van der Waals surface area contributed by atoms with E-state index >= 15 is 0 Å². The number of carboxylic acids is 3. The van der Waals surface area contributed by atoms with Gasteiger partial charge in [-0.15, -0.1) is 0 Å². The van der Waals surface area contributed by atoms with E-state index in [4.69, 9.17) is 24.8 Å². The van der Waals surface area contributed by atoms with Crippen molar-refractivity contribution >= 4 is 36.1 Å². The predicted molar refractivity (Wildman–Crippen MR) is 61.1 cm³/mol. The van der Waals surface area contributed by atoms with Crippen molar-refractivity contribution < 1.29 is 52.1 Å². The molecule has 20 heavy (non-hydrogen) atoms. The standard InChI is InChI=1S/C7H11O11PS/c8-3(9)1-7(5(12)13,2-4(10)11)6(19(14)15)20(16,17)18/h6,19H,1-2H2,(H,8,9)(H,10,11)(H,12,13)(H,14,15)(H,16,17,18). The number of rotatable bonds is 8. The molecule has 0 aliphatic heterocycles. The summed E-state index contributed by atoms with van der Waals surface area (Å²) in [6.07, 6.45) is -3.15. The fourth-order valence-corrected chi connectivity index (χ4v) is 4.36. The zero-order valence-corrected chi connectivity index (χ0v) is 11.4. The van der Waals surface area contributed by atoms with E-state index < -0.39 is 59.3 Å². The summed E-state index contributed by atoms with van der Waals surface area (Å²) < 4.78 is 42.0. The van der Waals surface area contributed by atoms with Gasteiger partial charge in [0.15, 0.2) is 4.99 Å². The molecule has 11 nitrogen and oxygen atoms in total. The highest BCUT2D eigenvalue weighted by molar-refractivity contribution is 7.92. The van der Waals surface area contributed by atoms with Gasteiger partial charge in [-0.2, -0.15) is 8.42 Å². The van der Waals surface area contributed by atoms with E-state index in [1.54, 1.807) is 0 Å². The van der Waals surface area contributed by atoms with Crippen molar-refractivity contribution in [2.45, 2.75) is 17.8 Å². The molecule has 2 unspecified atom stereocenters. The van der Waals surface area contributed by atoms with E-state index in [0.29, 0.717) is 0 Å². The summed E-state index contributed by atoms with van der Waals surface area (Å²) in [6, 6.07) is 0. The highest BCUT2D eigenvalue weighted by atomic mass is 32.2. The minimum Gasteiger partial charge on any atom is -0.481 e. The van der Waals surface area contributed by atoms with Gasteiger partial charge in [-0.05, 0) is 0 Å². The Kier molecular flexibility index (Phi) is 5.84. The lowest BCUT2D eigenvalue weighted by Crippen LogP contribution is -2.47. The smallest absolute Gasteiger partial charge is 0.312 e. The van der Waals surface area contributed by atoms with Gasteiger partial charge in [-0.1, -0.05) is 0 Å². The molecule has 0 heterocycles. The summed E-state index contributed by atoms with van der Waals surface area (Å²) in [7, 11) is -9.80. The van der Waals surface area contributed by atoms with Crippen molar-refractivity contribution in [1.82, 2.24) is 0 Å². The van der Waals surface area contributed by atoms with Gasteiger partial charge in [-0.25, -0.2) is 0 Å². The van der Waals surface area contributed by atoms with Gasteiger partial charge in [0.1, 0.15) is 5.41 Å². The van der Waals surface area contributed by atoms with E-state index in [-0.39, 0.29) is 0 Å². The fourth-order valence-electron chi connectivity index (χ4n) is 1.70. The maximum Gasteiger partial charge on any atom is 0.312 e. The highest BCUT2D eigenvalue weighted by Gasteiger charge is 2.57. The Morgan fingerprint density at radius 3 is 1.55 bits per heavy atom. The van der Waals surface area contributed by atoms with Crippen LogP contribution in [0.3, 0.4) is 0 Å². The van der Waals surface area contributed by atoms with Crippen molar-refractivity contribution in [3.63, 3.8) is 0 Å². The largest absolute Gasteiger partial charge is 0.481 e. The summed E-state index contributed by atoms with van der Waals surface area (Å²) in [5.41, 5.74) is -3.17. The van der Waals surface area contributed by atoms with Crippen LogP contribution in [0.15, 0.2) is 0 Å². The van der Waals surface area contributed by atoms with Crippen LogP contribution in [-0.4, -0.2) is 56.1 Å². The maximum atomic E-state index is 11.1. The van der Waals surface area contributed by atoms with Gasteiger partial charge in [0, 0.05) is 0 Å². The summed E-state index contributed by atoms with van der Waals surface area (Å²) in [5, 5.41) is 26.2. The molecule has 0 aliphatic rings. The lowest BCUT2D eigenvalue weighted by Gasteiger charge is -2.30. The summed E-state index contributed by atoms with van der Waals surface area (Å²) in [4.78, 5) is 38.4. The second-order valence-corrected chi connectivity index (χ2v) is 7.01. The first kappa shape index (κ1) is 18.5. The molecule has 0 spiro atoms. The molecule has 0 aromatic rings. The Morgan fingerprint density at radius 2 is 1.40 bits per heavy atom. The molecule has 0 rings (SSSR count). The lowest BCUT2D eigenvalue weighted by molar-refractivity contribution is -0.159. The average molecular weight is 334 g/mol. The zero-order valence-electron chi connectivity index (χ0n) is 9.59. The molecular weight excluding hydrogens is 323 g/mol. The molecule has 0 aromatic carbocycles. The van der Waals surface area contributed by atoms with Crippen LogP contribution >= 0.6 is 8.03 Å². The van der Waals surface area contributed by atoms with Crippen molar-refractivity contribution in [3.05, 3.63) is 0 Å². The van der Waals surface area contributed by atoms with Crippen LogP contribution in [0.4, 0.5) is 0 Å². The van der Waals surface area contributed by atoms with Crippen LogP contribution in [0, 0.1) is 5.41 Å². The van der Waals surface area contributed by atoms with E-state index in [2.05, 4.69) is 0 Å². The Bertz CT molecular complexity index is 533. The van der Waals surface area contributed by atoms with Crippen LogP contribution < -0.4 is 0 Å². The molecule has 0 saturated heterocycles. The Labute approximate surface area is 112 Å². The molecule has 0 aliphatic carbocycles. The van der Waals surface area contributed by atoms with Gasteiger partial charge in [-0.3, -0.25) is 23.5 Å². The normalized spacial score (nSPS) is 15.3. The SMILES string of the molecule is O=C(O)CC(CC(=O)O)(C(=O)O)C([PH](=O)O)S(=O)(=O)O. The van der Waals surface area contributed by atoms with Crippen LogP contribution in [0.1, 0.15) is 12.8 Å². The number of aliphatic carboxylic acids is 3. The molecule has 0 fully saturated rings. The Hall–Kier alpha value is -1.49. The zero-order chi connectivity index (χ0) is 16.3. The van der Waals surface area contributed by atoms with Crippen molar-refractivity contribution in [1.29, 1.82) is 0 Å². The molecule has 0 saturated carbocycles. The molecule has 0 amide bonds. The third kappa shape index (κ3) is 4.27. The van der Waals surface area contributed by atoms with Gasteiger partial charge >= 0.3 is 17.9 Å². The van der Waals surface area contributed by atoms with E-state index in [0.717, 1.165) is 0 Å². The van der Waals surface area contributed by atoms with Crippen molar-refractivity contribution in [2.24, 2.45) is 5.41 Å². The van der Waals surface area contributed by atoms with Gasteiger partial charge in [0.25, 0.3) is 10.1 Å². The fraction of sp³-hybridized carbons (Fsp3) is 0.571. The van der Waals surface area contributed by atoms with Crippen LogP contribution in [0.5, 0.6) is 0 Å². The van der Waals surface area contributed by atoms with E-state index in [1.807, 2.05) is 0 Å². The summed E-state index contributed by atoms with van der Waals surface area (Å²) >= 11 is 0. The number of carboxylic acid groups (broad SMARTS) is 3. The third-order valence-electron chi connectivity index (χ3n) is 2.38. The summed E-state index contributed by atoms with van der Waals surface area (Å²) in [6.45, 7) is 0. The lowest BCUT2D eigenvalue weighted by atomic mass is 9.83. The molecule has 13 heteroatoms. The second-order valence-electron chi connectivity index (χ2n) is 3.84. The van der Waals surface area contributed by atoms with Gasteiger partial charge in [0.2, 0.25) is 8.03 Å². The molecule has 2 atom stereocenters. The van der Waals surface area contributed by atoms with E-state index in [1.165, 1.54) is 0 Å². The Balaban J connectivity index is 6.30. The van der Waals surface area contributed by atoms with Crippen molar-refractivity contribution in [3.8, 4) is 0 Å². The number of carbonyl (C=O) groups is 3. The van der Waals surface area contributed by atoms with Gasteiger partial charge in [0.05, 0.1) is 12.8 Å². The first-order valence-electron chi connectivity index (χ1n) is 4.70. The maximum absolute atomic E-state index is 11.1. The third-order valence-corrected chi connectivity index (χ3v) is 5.93. The van der Waals surface area contributed by atoms with Crippen LogP contribution in [-0.2, 0) is 29.1 Å². The average Bonchev–Trinajstić information content (AvgIpc) is 2.10. The second kappa shape index (κ2) is 6.31. The van der Waals surface area contributed by atoms with Crippen molar-refractivity contribution in [2.75, 3.05) is 0 Å². The first-order valence-corrected chi connectivity index (χ1v) is 7.64. The van der Waals surface area contributed by atoms with Crippen LogP contribution in [0.25, 0.3) is 0 Å². The quantitative estimate of drug-likeness (QED) is 0.260. The highest BCUT2D eigenvalue weighted by Crippen LogP contribution is 2.46. The first-order chi connectivity index (χ1) is 8.84. The summed E-state index contributed by atoms with van der Waals surface area (Å²) in [5.74, 6) is -6.06. The molecule has 116 valence electrons. The molecule has 0 radical (unpaired) electrons. The number of hydrogen-bond donors (Lipinski definition) is 5. The molecule has 0 bridgehead atoms. The minimum atomic E-state index is -5.48.